The van der Waals surface area contributed by atoms with Crippen LogP contribution in [0.15, 0.2) is 42.7 Å². The highest BCUT2D eigenvalue weighted by Crippen LogP contribution is 2.27. The van der Waals surface area contributed by atoms with Gasteiger partial charge in [-0.1, -0.05) is 45.0 Å². The predicted octanol–water partition coefficient (Wildman–Crippen LogP) is 4.35. The summed E-state index contributed by atoms with van der Waals surface area (Å²) >= 11 is 0. The number of aryl methyl sites for hydroxylation is 1. The molecule has 0 fully saturated rings. The van der Waals surface area contributed by atoms with E-state index in [1.54, 1.807) is 0 Å². The quantitative estimate of drug-likeness (QED) is 0.703. The number of hydrogen-bond acceptors (Lipinski definition) is 1. The smallest absolute Gasteiger partial charge is 0.0346 e. The molecular formula is C16H19N. The van der Waals surface area contributed by atoms with Gasteiger partial charge >= 0.3 is 0 Å². The summed E-state index contributed by atoms with van der Waals surface area (Å²) in [6, 6.07) is 10.9. The molecule has 1 aromatic carbocycles. The first kappa shape index (κ1) is 11.8. The molecule has 1 aromatic heterocycles. The van der Waals surface area contributed by atoms with E-state index in [2.05, 4.69) is 63.0 Å². The Hall–Kier alpha value is -1.63. The van der Waals surface area contributed by atoms with Gasteiger partial charge in [-0.15, -0.1) is 0 Å². The van der Waals surface area contributed by atoms with E-state index in [0.29, 0.717) is 0 Å². The zero-order chi connectivity index (χ0) is 12.5. The highest BCUT2D eigenvalue weighted by atomic mass is 14.6. The molecule has 0 aliphatic carbocycles. The molecule has 0 spiro atoms. The molecule has 0 atom stereocenters. The van der Waals surface area contributed by atoms with Gasteiger partial charge < -0.3 is 0 Å². The standard InChI is InChI=1S/C16H19N/c1-12-8-14(11-17-10-12)13-6-5-7-15(9-13)16(2,3)4/h5-11H,1-4H3. The van der Waals surface area contributed by atoms with E-state index >= 15 is 0 Å². The van der Waals surface area contributed by atoms with Gasteiger partial charge in [0.15, 0.2) is 0 Å². The van der Waals surface area contributed by atoms with Crippen LogP contribution in [0.25, 0.3) is 11.1 Å². The maximum atomic E-state index is 4.25. The molecule has 0 saturated heterocycles. The predicted molar refractivity (Wildman–Crippen MR) is 73.1 cm³/mol. The Labute approximate surface area is 104 Å². The van der Waals surface area contributed by atoms with Crippen molar-refractivity contribution in [2.75, 3.05) is 0 Å². The number of pyridine rings is 1. The molecule has 0 N–H and O–H groups in total. The molecule has 1 heteroatoms. The average Bonchev–Trinajstić information content (AvgIpc) is 2.28. The summed E-state index contributed by atoms with van der Waals surface area (Å²) in [5.74, 6) is 0. The SMILES string of the molecule is Cc1cncc(-c2cccc(C(C)(C)C)c2)c1. The maximum Gasteiger partial charge on any atom is 0.0346 e. The summed E-state index contributed by atoms with van der Waals surface area (Å²) < 4.78 is 0. The van der Waals surface area contributed by atoms with Gasteiger partial charge in [0.2, 0.25) is 0 Å². The third kappa shape index (κ3) is 2.73. The van der Waals surface area contributed by atoms with Crippen LogP contribution >= 0.6 is 0 Å². The van der Waals surface area contributed by atoms with E-state index in [1.165, 1.54) is 22.3 Å². The lowest BCUT2D eigenvalue weighted by molar-refractivity contribution is 0.590. The molecule has 0 aliphatic heterocycles. The summed E-state index contributed by atoms with van der Waals surface area (Å²) in [6.45, 7) is 8.78. The maximum absolute atomic E-state index is 4.25. The van der Waals surface area contributed by atoms with Crippen molar-refractivity contribution in [1.29, 1.82) is 0 Å². The normalized spacial score (nSPS) is 11.5. The van der Waals surface area contributed by atoms with Crippen molar-refractivity contribution in [3.8, 4) is 11.1 Å². The number of nitrogens with zero attached hydrogens (tertiary/aromatic N) is 1. The van der Waals surface area contributed by atoms with Gasteiger partial charge in [-0.3, -0.25) is 4.98 Å². The molecule has 2 aromatic rings. The molecule has 88 valence electrons. The summed E-state index contributed by atoms with van der Waals surface area (Å²) in [4.78, 5) is 4.25. The molecule has 0 radical (unpaired) electrons. The fourth-order valence-corrected chi connectivity index (χ4v) is 1.88. The molecule has 0 bridgehead atoms. The van der Waals surface area contributed by atoms with Gasteiger partial charge in [0.25, 0.3) is 0 Å². The number of rotatable bonds is 1. The van der Waals surface area contributed by atoms with E-state index in [1.807, 2.05) is 12.4 Å². The average molecular weight is 225 g/mol. The van der Waals surface area contributed by atoms with Crippen LogP contribution in [0.4, 0.5) is 0 Å². The van der Waals surface area contributed by atoms with Gasteiger partial charge in [-0.25, -0.2) is 0 Å². The van der Waals surface area contributed by atoms with E-state index < -0.39 is 0 Å². The van der Waals surface area contributed by atoms with Gasteiger partial charge in [0, 0.05) is 18.0 Å². The monoisotopic (exact) mass is 225 g/mol. The van der Waals surface area contributed by atoms with Crippen molar-refractivity contribution in [2.45, 2.75) is 33.1 Å². The molecule has 0 aliphatic rings. The molecule has 0 unspecified atom stereocenters. The van der Waals surface area contributed by atoms with Crippen molar-refractivity contribution < 1.29 is 0 Å². The fraction of sp³-hybridized carbons (Fsp3) is 0.312. The largest absolute Gasteiger partial charge is 0.264 e. The van der Waals surface area contributed by atoms with Crippen LogP contribution in [0.3, 0.4) is 0 Å². The van der Waals surface area contributed by atoms with Gasteiger partial charge in [-0.2, -0.15) is 0 Å². The minimum absolute atomic E-state index is 0.188. The summed E-state index contributed by atoms with van der Waals surface area (Å²) in [5.41, 5.74) is 5.18. The van der Waals surface area contributed by atoms with Gasteiger partial charge in [-0.05, 0) is 35.1 Å². The minimum Gasteiger partial charge on any atom is -0.264 e. The zero-order valence-corrected chi connectivity index (χ0v) is 11.0. The Morgan fingerprint density at radius 3 is 2.35 bits per heavy atom. The summed E-state index contributed by atoms with van der Waals surface area (Å²) in [7, 11) is 0. The zero-order valence-electron chi connectivity index (χ0n) is 11.0. The first-order valence-corrected chi connectivity index (χ1v) is 5.99. The second-order valence-electron chi connectivity index (χ2n) is 5.58. The molecular weight excluding hydrogens is 206 g/mol. The van der Waals surface area contributed by atoms with Crippen LogP contribution in [0, 0.1) is 6.92 Å². The second kappa shape index (κ2) is 4.33. The van der Waals surface area contributed by atoms with Crippen LogP contribution in [-0.2, 0) is 5.41 Å². The lowest BCUT2D eigenvalue weighted by Crippen LogP contribution is -2.10. The lowest BCUT2D eigenvalue weighted by Gasteiger charge is -2.19. The van der Waals surface area contributed by atoms with Crippen LogP contribution < -0.4 is 0 Å². The van der Waals surface area contributed by atoms with Crippen molar-refractivity contribution in [3.05, 3.63) is 53.9 Å². The van der Waals surface area contributed by atoms with Crippen molar-refractivity contribution in [2.24, 2.45) is 0 Å². The van der Waals surface area contributed by atoms with Crippen LogP contribution in [0.2, 0.25) is 0 Å². The Morgan fingerprint density at radius 2 is 1.71 bits per heavy atom. The molecule has 17 heavy (non-hydrogen) atoms. The number of hydrogen-bond donors (Lipinski definition) is 0. The van der Waals surface area contributed by atoms with E-state index in [-0.39, 0.29) is 5.41 Å². The summed E-state index contributed by atoms with van der Waals surface area (Å²) in [6.07, 6.45) is 3.81. The lowest BCUT2D eigenvalue weighted by atomic mass is 9.85. The minimum atomic E-state index is 0.188. The molecule has 0 saturated carbocycles. The Bertz CT molecular complexity index is 521. The highest BCUT2D eigenvalue weighted by Gasteiger charge is 2.13. The Morgan fingerprint density at radius 1 is 0.941 bits per heavy atom. The van der Waals surface area contributed by atoms with Crippen LogP contribution in [0.5, 0.6) is 0 Å². The first-order chi connectivity index (χ1) is 7.97. The van der Waals surface area contributed by atoms with Crippen molar-refractivity contribution >= 4 is 0 Å². The Balaban J connectivity index is 2.47. The fourth-order valence-electron chi connectivity index (χ4n) is 1.88. The molecule has 1 heterocycles. The molecule has 1 nitrogen and oxygen atoms in total. The van der Waals surface area contributed by atoms with E-state index in [4.69, 9.17) is 0 Å². The number of benzene rings is 1. The van der Waals surface area contributed by atoms with E-state index in [0.717, 1.165) is 0 Å². The van der Waals surface area contributed by atoms with Crippen molar-refractivity contribution in [3.63, 3.8) is 0 Å². The first-order valence-electron chi connectivity index (χ1n) is 5.99. The second-order valence-corrected chi connectivity index (χ2v) is 5.58. The highest BCUT2D eigenvalue weighted by molar-refractivity contribution is 5.64. The number of aromatic nitrogens is 1. The third-order valence-electron chi connectivity index (χ3n) is 2.94. The Kier molecular flexibility index (Phi) is 3.01. The van der Waals surface area contributed by atoms with Gasteiger partial charge in [0.05, 0.1) is 0 Å². The topological polar surface area (TPSA) is 12.9 Å². The van der Waals surface area contributed by atoms with Crippen LogP contribution in [-0.4, -0.2) is 4.98 Å². The van der Waals surface area contributed by atoms with Gasteiger partial charge in [0.1, 0.15) is 0 Å². The summed E-state index contributed by atoms with van der Waals surface area (Å²) in [5, 5.41) is 0. The molecule has 2 rings (SSSR count). The molecule has 0 amide bonds. The van der Waals surface area contributed by atoms with E-state index in [9.17, 15) is 0 Å². The van der Waals surface area contributed by atoms with Crippen molar-refractivity contribution in [1.82, 2.24) is 4.98 Å². The third-order valence-corrected chi connectivity index (χ3v) is 2.94. The van der Waals surface area contributed by atoms with Crippen LogP contribution in [0.1, 0.15) is 31.9 Å².